The van der Waals surface area contributed by atoms with Gasteiger partial charge in [0.25, 0.3) is 0 Å². The van der Waals surface area contributed by atoms with E-state index >= 15 is 0 Å². The van der Waals surface area contributed by atoms with Crippen LogP contribution in [0.1, 0.15) is 126 Å². The highest BCUT2D eigenvalue weighted by atomic mass is 32.3. The van der Waals surface area contributed by atoms with Crippen molar-refractivity contribution in [2.45, 2.75) is 193 Å². The van der Waals surface area contributed by atoms with Gasteiger partial charge in [-0.25, -0.2) is 0 Å². The van der Waals surface area contributed by atoms with Crippen LogP contribution in [0.15, 0.2) is 0 Å². The molecule has 1 aliphatic heterocycles. The van der Waals surface area contributed by atoms with Crippen LogP contribution >= 0.6 is 0 Å². The average molecular weight is 1350 g/mol. The standard InChI is InChI=1S/C52H98N16O13.2H2O4S/c1-27(2)11-9-10-12-40(71)60-33(13-19-53)49(78)68-42(31(8)70)52(81)65-36(16-22-56)46(75)64-38-18-24-58-51(80)41(30(7)69)67-50(79)37(17-23-57)63-45(74)34(14-20-54)61-43(72)32(29(5)6)26-59-44(73)39(25-28(3)4)66-47(76)35(15-21-55)62-48(38)77;2*1-5(2,3)4/h27-39,41-42,69-70H,9-26,53-57H2,1-8H3,(H,58,80)(H,59,73)(H,60,71)(H,61,72)(H,62,77)(H,63,74)(H,64,75)(H,65,81)(H,66,76)(H,67,79)(H,68,78);2*(H2,1,2,3,4)/t30?,31-,32+,33-,34+,35+,36-,37+,38-,39-,41+,42+;;/m1../s1. The number of amides is 11. The zero-order valence-corrected chi connectivity index (χ0v) is 54.5. The molecule has 0 aliphatic carbocycles. The van der Waals surface area contributed by atoms with Crippen LogP contribution in [0, 0.1) is 23.7 Å². The quantitative estimate of drug-likeness (QED) is 0.0268. The molecule has 0 aromatic rings. The molecule has 528 valence electrons. The van der Waals surface area contributed by atoms with Crippen molar-refractivity contribution >= 4 is 85.8 Å². The van der Waals surface area contributed by atoms with Crippen LogP contribution < -0.4 is 87.2 Å². The molecule has 37 nitrogen and oxygen atoms in total. The molecule has 39 heteroatoms. The van der Waals surface area contributed by atoms with Crippen molar-refractivity contribution in [3.63, 3.8) is 0 Å². The van der Waals surface area contributed by atoms with Crippen molar-refractivity contribution in [1.29, 1.82) is 0 Å². The summed E-state index contributed by atoms with van der Waals surface area (Å²) in [5, 5.41) is 49.6. The first-order valence-corrected chi connectivity index (χ1v) is 32.5. The predicted octanol–water partition coefficient (Wildman–Crippen LogP) is -7.28. The Morgan fingerprint density at radius 3 is 1.40 bits per heavy atom. The molecule has 1 rings (SSSR count). The summed E-state index contributed by atoms with van der Waals surface area (Å²) in [7, 11) is -9.33. The number of hydrogen-bond acceptors (Lipinski definition) is 22. The van der Waals surface area contributed by atoms with Crippen LogP contribution in [0.3, 0.4) is 0 Å². The number of unbranched alkanes of at least 4 members (excludes halogenated alkanes) is 1. The number of hydrogen-bond donors (Lipinski definition) is 22. The first kappa shape index (κ1) is 86.7. The topological polar surface area (TPSA) is 640 Å². The summed E-state index contributed by atoms with van der Waals surface area (Å²) in [5.74, 6) is -10.3. The van der Waals surface area contributed by atoms with Crippen molar-refractivity contribution < 1.29 is 98.0 Å². The average Bonchev–Trinajstić information content (AvgIpc) is 2.37. The minimum atomic E-state index is -4.67. The van der Waals surface area contributed by atoms with E-state index in [1.54, 1.807) is 27.7 Å². The number of nitrogens with one attached hydrogen (secondary N) is 11. The molecule has 1 fully saturated rings. The van der Waals surface area contributed by atoms with Crippen molar-refractivity contribution in [3.8, 4) is 0 Å². The number of carbonyl (C=O) groups is 11. The molecule has 11 amide bonds. The van der Waals surface area contributed by atoms with Crippen LogP contribution in [0.2, 0.25) is 0 Å². The largest absolute Gasteiger partial charge is 0.394 e. The first-order chi connectivity index (χ1) is 42.1. The first-order valence-electron chi connectivity index (χ1n) is 29.7. The second-order valence-electron chi connectivity index (χ2n) is 22.7. The molecule has 1 saturated heterocycles. The summed E-state index contributed by atoms with van der Waals surface area (Å²) in [5.41, 5.74) is 29.2. The minimum absolute atomic E-state index is 0.0128. The Kier molecular flexibility index (Phi) is 42.9. The van der Waals surface area contributed by atoms with Gasteiger partial charge >= 0.3 is 20.8 Å². The van der Waals surface area contributed by atoms with Gasteiger partial charge in [0.2, 0.25) is 65.0 Å². The van der Waals surface area contributed by atoms with Gasteiger partial charge in [-0.05, 0) is 116 Å². The van der Waals surface area contributed by atoms with E-state index in [0.717, 1.165) is 12.8 Å². The van der Waals surface area contributed by atoms with Gasteiger partial charge in [-0.15, -0.1) is 0 Å². The summed E-state index contributed by atoms with van der Waals surface area (Å²) in [6, 6.07) is -13.0. The third-order valence-electron chi connectivity index (χ3n) is 13.4. The Morgan fingerprint density at radius 2 is 0.967 bits per heavy atom. The molecule has 0 radical (unpaired) electrons. The lowest BCUT2D eigenvalue weighted by Gasteiger charge is -2.29. The second-order valence-corrected chi connectivity index (χ2v) is 24.5. The summed E-state index contributed by atoms with van der Waals surface area (Å²) in [6.45, 7) is 12.3. The number of rotatable bonds is 27. The highest BCUT2D eigenvalue weighted by Gasteiger charge is 2.37. The van der Waals surface area contributed by atoms with Crippen molar-refractivity contribution in [1.82, 2.24) is 58.5 Å². The molecular weight excluding hydrogens is 1250 g/mol. The summed E-state index contributed by atoms with van der Waals surface area (Å²) < 4.78 is 63.2. The molecule has 0 bridgehead atoms. The Hall–Kier alpha value is -6.37. The Balaban J connectivity index is 0. The van der Waals surface area contributed by atoms with Gasteiger partial charge in [-0.3, -0.25) is 71.0 Å². The number of carbonyl (C=O) groups excluding carboxylic acids is 11. The van der Waals surface area contributed by atoms with E-state index in [1.807, 2.05) is 0 Å². The summed E-state index contributed by atoms with van der Waals surface area (Å²) in [4.78, 5) is 152. The van der Waals surface area contributed by atoms with Crippen LogP contribution in [-0.4, -0.2) is 223 Å². The normalized spacial score (nSPS) is 22.1. The lowest BCUT2D eigenvalue weighted by atomic mass is 9.93. The molecule has 91 heavy (non-hydrogen) atoms. The fraction of sp³-hybridized carbons (Fsp3) is 0.788. The van der Waals surface area contributed by atoms with Gasteiger partial charge in [0.15, 0.2) is 0 Å². The van der Waals surface area contributed by atoms with E-state index in [2.05, 4.69) is 72.3 Å². The Labute approximate surface area is 531 Å². The molecule has 1 aliphatic rings. The van der Waals surface area contributed by atoms with Gasteiger partial charge in [0.05, 0.1) is 18.1 Å². The van der Waals surface area contributed by atoms with Gasteiger partial charge in [-0.2, -0.15) is 16.8 Å². The molecule has 1 heterocycles. The van der Waals surface area contributed by atoms with E-state index in [0.29, 0.717) is 12.3 Å². The minimum Gasteiger partial charge on any atom is -0.391 e. The molecule has 0 aromatic carbocycles. The van der Waals surface area contributed by atoms with Crippen LogP contribution in [0.25, 0.3) is 0 Å². The Bertz CT molecular complexity index is 2500. The molecule has 27 N–H and O–H groups in total. The van der Waals surface area contributed by atoms with E-state index < -0.39 is 177 Å². The van der Waals surface area contributed by atoms with Crippen molar-refractivity contribution in [2.75, 3.05) is 45.8 Å². The fourth-order valence-corrected chi connectivity index (χ4v) is 8.62. The number of nitrogens with two attached hydrogens (primary N) is 5. The predicted molar refractivity (Wildman–Crippen MR) is 329 cm³/mol. The van der Waals surface area contributed by atoms with Crippen LogP contribution in [-0.2, 0) is 73.5 Å². The van der Waals surface area contributed by atoms with E-state index in [9.17, 15) is 63.0 Å². The summed E-state index contributed by atoms with van der Waals surface area (Å²) >= 11 is 0. The molecule has 12 atom stereocenters. The molecule has 1 unspecified atom stereocenters. The fourth-order valence-electron chi connectivity index (χ4n) is 8.62. The second kappa shape index (κ2) is 45.0. The highest BCUT2D eigenvalue weighted by Crippen LogP contribution is 2.14. The lowest BCUT2D eigenvalue weighted by Crippen LogP contribution is -2.62. The van der Waals surface area contributed by atoms with E-state index in [4.69, 9.17) is 63.7 Å². The van der Waals surface area contributed by atoms with Crippen LogP contribution in [0.5, 0.6) is 0 Å². The molecule has 0 spiro atoms. The maximum atomic E-state index is 14.4. The maximum absolute atomic E-state index is 14.4. The van der Waals surface area contributed by atoms with Gasteiger partial charge in [-0.1, -0.05) is 54.4 Å². The number of aliphatic hydroxyl groups excluding tert-OH is 2. The SMILES string of the molecule is CC(C)CCCCC(=O)N[C@H](CCN)C(=O)N[C@H](C(=O)N[C@H](CCN)C(=O)N[C@@H]1CCNC(=O)[C@H](C(C)O)NC(=O)[C@H](CCN)NC(=O)[C@H](CCN)NC(=O)[C@H](C(C)C)CNC(=O)[C@@H](CC(C)C)NC(=O)[C@H](CCN)NC1=O)[C@@H](C)O.O=S(=O)(O)O.O=S(=O)(O)O. The third kappa shape index (κ3) is 39.6. The maximum Gasteiger partial charge on any atom is 0.394 e. The molecule has 0 saturated carbocycles. The molecule has 0 aromatic heterocycles. The van der Waals surface area contributed by atoms with Gasteiger partial charge in [0, 0.05) is 19.5 Å². The zero-order chi connectivity index (χ0) is 70.5. The lowest BCUT2D eigenvalue weighted by molar-refractivity contribution is -0.137. The highest BCUT2D eigenvalue weighted by molar-refractivity contribution is 7.80. The monoisotopic (exact) mass is 1350 g/mol. The third-order valence-corrected chi connectivity index (χ3v) is 13.4. The van der Waals surface area contributed by atoms with Gasteiger partial charge in [0.1, 0.15) is 54.4 Å². The van der Waals surface area contributed by atoms with Crippen molar-refractivity contribution in [2.24, 2.45) is 52.3 Å². The number of aliphatic hydroxyl groups is 2. The van der Waals surface area contributed by atoms with E-state index in [1.165, 1.54) is 13.8 Å². The zero-order valence-electron chi connectivity index (χ0n) is 52.9. The smallest absolute Gasteiger partial charge is 0.391 e. The summed E-state index contributed by atoms with van der Waals surface area (Å²) in [6.07, 6.45) is -1.74. The van der Waals surface area contributed by atoms with Gasteiger partial charge < -0.3 is 97.4 Å². The van der Waals surface area contributed by atoms with Crippen LogP contribution in [0.4, 0.5) is 0 Å². The molecular formula is C52H102N16O21S2. The Morgan fingerprint density at radius 1 is 0.516 bits per heavy atom. The van der Waals surface area contributed by atoms with Crippen molar-refractivity contribution in [3.05, 3.63) is 0 Å². The van der Waals surface area contributed by atoms with E-state index in [-0.39, 0.29) is 90.1 Å².